The predicted octanol–water partition coefficient (Wildman–Crippen LogP) is 3.70. The molecular weight excluding hydrogens is 336 g/mol. The number of nitrogens with one attached hydrogen (secondary N) is 1. The molecule has 142 valence electrons. The van der Waals surface area contributed by atoms with E-state index < -0.39 is 0 Å². The molecule has 0 aromatic heterocycles. The molecule has 2 heterocycles. The molecule has 2 aliphatic heterocycles. The molecule has 1 fully saturated rings. The Morgan fingerprint density at radius 3 is 2.93 bits per heavy atom. The highest BCUT2D eigenvalue weighted by Gasteiger charge is 2.45. The van der Waals surface area contributed by atoms with Gasteiger partial charge in [-0.05, 0) is 41.2 Å². The lowest BCUT2D eigenvalue weighted by atomic mass is 9.92. The molecule has 1 spiro atoms. The number of hydrogen-bond donors (Lipinski definition) is 1. The van der Waals surface area contributed by atoms with Crippen LogP contribution in [0, 0.1) is 5.92 Å². The fourth-order valence-electron chi connectivity index (χ4n) is 4.18. The number of ether oxygens (including phenoxy) is 1. The maximum atomic E-state index is 12.3. The van der Waals surface area contributed by atoms with E-state index in [1.807, 2.05) is 18.2 Å². The molecule has 2 aliphatic rings. The van der Waals surface area contributed by atoms with E-state index in [1.54, 1.807) is 0 Å². The first-order valence-electron chi connectivity index (χ1n) is 9.88. The van der Waals surface area contributed by atoms with Gasteiger partial charge >= 0.3 is 0 Å². The number of rotatable bonds is 5. The van der Waals surface area contributed by atoms with Crippen molar-refractivity contribution in [2.24, 2.45) is 5.92 Å². The Bertz CT molecular complexity index is 833. The zero-order valence-electron chi connectivity index (χ0n) is 16.2. The van der Waals surface area contributed by atoms with Gasteiger partial charge in [-0.15, -0.1) is 0 Å². The number of likely N-dealkylation sites (tertiary alicyclic amines) is 1. The van der Waals surface area contributed by atoms with E-state index in [-0.39, 0.29) is 11.5 Å². The SMILES string of the molecule is CC(C)CNC(=O)c1cccc(CN2CCC3(C2)OCc2ccccc23)c1. The van der Waals surface area contributed by atoms with Gasteiger partial charge in [0.25, 0.3) is 5.91 Å². The van der Waals surface area contributed by atoms with Crippen LogP contribution in [0.3, 0.4) is 0 Å². The van der Waals surface area contributed by atoms with Gasteiger partial charge in [0.05, 0.1) is 6.61 Å². The van der Waals surface area contributed by atoms with Crippen molar-refractivity contribution in [1.82, 2.24) is 10.2 Å². The van der Waals surface area contributed by atoms with Crippen molar-refractivity contribution in [2.45, 2.75) is 39.0 Å². The zero-order valence-corrected chi connectivity index (χ0v) is 16.2. The van der Waals surface area contributed by atoms with Gasteiger partial charge in [0.15, 0.2) is 0 Å². The first-order chi connectivity index (χ1) is 13.1. The maximum absolute atomic E-state index is 12.3. The molecule has 0 radical (unpaired) electrons. The molecule has 0 saturated carbocycles. The molecule has 0 aliphatic carbocycles. The molecule has 0 bridgehead atoms. The van der Waals surface area contributed by atoms with Crippen LogP contribution in [0.4, 0.5) is 0 Å². The summed E-state index contributed by atoms with van der Waals surface area (Å²) in [6.07, 6.45) is 1.03. The standard InChI is InChI=1S/C23H28N2O2/c1-17(2)13-24-22(26)19-8-5-6-18(12-19)14-25-11-10-23(16-25)21-9-4-3-7-20(21)15-27-23/h3-9,12,17H,10-11,13-16H2,1-2H3,(H,24,26). The number of fused-ring (bicyclic) bond motifs is 2. The number of amides is 1. The molecule has 1 saturated heterocycles. The minimum atomic E-state index is -0.150. The van der Waals surface area contributed by atoms with Gasteiger partial charge in [0.1, 0.15) is 5.60 Å². The van der Waals surface area contributed by atoms with Gasteiger partial charge in [0.2, 0.25) is 0 Å². The largest absolute Gasteiger partial charge is 0.364 e. The maximum Gasteiger partial charge on any atom is 0.251 e. The summed E-state index contributed by atoms with van der Waals surface area (Å²) in [4.78, 5) is 14.8. The average molecular weight is 364 g/mol. The highest BCUT2D eigenvalue weighted by molar-refractivity contribution is 5.94. The van der Waals surface area contributed by atoms with E-state index in [1.165, 1.54) is 16.7 Å². The number of nitrogens with zero attached hydrogens (tertiary/aromatic N) is 1. The van der Waals surface area contributed by atoms with Crippen LogP contribution >= 0.6 is 0 Å². The van der Waals surface area contributed by atoms with Gasteiger partial charge < -0.3 is 10.1 Å². The summed E-state index contributed by atoms with van der Waals surface area (Å²) in [6, 6.07) is 16.6. The lowest BCUT2D eigenvalue weighted by Crippen LogP contribution is -2.30. The van der Waals surface area contributed by atoms with Crippen molar-refractivity contribution in [3.8, 4) is 0 Å². The molecule has 4 rings (SSSR count). The van der Waals surface area contributed by atoms with E-state index >= 15 is 0 Å². The van der Waals surface area contributed by atoms with Gasteiger partial charge in [-0.25, -0.2) is 0 Å². The summed E-state index contributed by atoms with van der Waals surface area (Å²) in [5.74, 6) is 0.462. The zero-order chi connectivity index (χ0) is 18.9. The summed E-state index contributed by atoms with van der Waals surface area (Å²) in [5.41, 5.74) is 4.44. The summed E-state index contributed by atoms with van der Waals surface area (Å²) >= 11 is 0. The molecule has 27 heavy (non-hydrogen) atoms. The molecular formula is C23H28N2O2. The molecule has 2 aromatic rings. The number of carbonyl (C=O) groups excluding carboxylic acids is 1. The van der Waals surface area contributed by atoms with Crippen molar-refractivity contribution < 1.29 is 9.53 Å². The second kappa shape index (κ2) is 7.45. The van der Waals surface area contributed by atoms with Crippen LogP contribution in [-0.2, 0) is 23.5 Å². The molecule has 1 unspecified atom stereocenters. The second-order valence-corrected chi connectivity index (χ2v) is 8.21. The smallest absolute Gasteiger partial charge is 0.251 e. The summed E-state index contributed by atoms with van der Waals surface area (Å²) in [6.45, 7) is 8.39. The number of benzene rings is 2. The number of hydrogen-bond acceptors (Lipinski definition) is 3. The normalized spacial score (nSPS) is 21.7. The van der Waals surface area contributed by atoms with Gasteiger partial charge in [-0.1, -0.05) is 50.2 Å². The van der Waals surface area contributed by atoms with E-state index in [4.69, 9.17) is 4.74 Å². The Hall–Kier alpha value is -2.17. The monoisotopic (exact) mass is 364 g/mol. The Morgan fingerprint density at radius 1 is 1.22 bits per heavy atom. The van der Waals surface area contributed by atoms with E-state index in [0.717, 1.165) is 38.2 Å². The van der Waals surface area contributed by atoms with Gasteiger partial charge in [0, 0.05) is 31.7 Å². The van der Waals surface area contributed by atoms with Crippen molar-refractivity contribution in [1.29, 1.82) is 0 Å². The van der Waals surface area contributed by atoms with Crippen LogP contribution in [0.15, 0.2) is 48.5 Å². The molecule has 1 atom stereocenters. The fourth-order valence-corrected chi connectivity index (χ4v) is 4.18. The summed E-state index contributed by atoms with van der Waals surface area (Å²) < 4.78 is 6.25. The topological polar surface area (TPSA) is 41.6 Å². The number of carbonyl (C=O) groups is 1. The second-order valence-electron chi connectivity index (χ2n) is 8.21. The van der Waals surface area contributed by atoms with Crippen LogP contribution in [0.25, 0.3) is 0 Å². The Morgan fingerprint density at radius 2 is 2.07 bits per heavy atom. The Labute approximate surface area is 161 Å². The summed E-state index contributed by atoms with van der Waals surface area (Å²) in [5, 5.41) is 3.00. The average Bonchev–Trinajstić information content (AvgIpc) is 3.25. The molecule has 1 amide bonds. The predicted molar refractivity (Wildman–Crippen MR) is 106 cm³/mol. The van der Waals surface area contributed by atoms with Crippen molar-refractivity contribution in [3.63, 3.8) is 0 Å². The van der Waals surface area contributed by atoms with Crippen LogP contribution in [0.5, 0.6) is 0 Å². The van der Waals surface area contributed by atoms with Crippen LogP contribution in [-0.4, -0.2) is 30.4 Å². The van der Waals surface area contributed by atoms with Gasteiger partial charge in [-0.3, -0.25) is 9.69 Å². The minimum Gasteiger partial charge on any atom is -0.364 e. The molecule has 1 N–H and O–H groups in total. The minimum absolute atomic E-state index is 0.0106. The highest BCUT2D eigenvalue weighted by Crippen LogP contribution is 2.43. The van der Waals surface area contributed by atoms with Gasteiger partial charge in [-0.2, -0.15) is 0 Å². The third-order valence-electron chi connectivity index (χ3n) is 5.59. The Balaban J connectivity index is 1.42. The lowest BCUT2D eigenvalue weighted by molar-refractivity contribution is -0.0299. The van der Waals surface area contributed by atoms with Crippen molar-refractivity contribution >= 4 is 5.91 Å². The third-order valence-corrected chi connectivity index (χ3v) is 5.59. The highest BCUT2D eigenvalue weighted by atomic mass is 16.5. The summed E-state index contributed by atoms with van der Waals surface area (Å²) in [7, 11) is 0. The van der Waals surface area contributed by atoms with Crippen LogP contribution < -0.4 is 5.32 Å². The first kappa shape index (κ1) is 18.2. The van der Waals surface area contributed by atoms with Crippen molar-refractivity contribution in [3.05, 3.63) is 70.8 Å². The molecule has 4 nitrogen and oxygen atoms in total. The fraction of sp³-hybridized carbons (Fsp3) is 0.435. The Kier molecular flexibility index (Phi) is 5.02. The van der Waals surface area contributed by atoms with Crippen LogP contribution in [0.1, 0.15) is 47.3 Å². The first-order valence-corrected chi connectivity index (χ1v) is 9.88. The lowest BCUT2D eigenvalue weighted by Gasteiger charge is -2.25. The van der Waals surface area contributed by atoms with Crippen molar-refractivity contribution in [2.75, 3.05) is 19.6 Å². The van der Waals surface area contributed by atoms with Crippen LogP contribution in [0.2, 0.25) is 0 Å². The molecule has 4 heteroatoms. The van der Waals surface area contributed by atoms with E-state index in [9.17, 15) is 4.79 Å². The third kappa shape index (κ3) is 3.78. The quantitative estimate of drug-likeness (QED) is 0.879. The van der Waals surface area contributed by atoms with E-state index in [0.29, 0.717) is 12.5 Å². The van der Waals surface area contributed by atoms with E-state index in [2.05, 4.69) is 54.4 Å². The molecule has 2 aromatic carbocycles.